The number of fused-ring (bicyclic) bond motifs is 1. The molecule has 162 valence electrons. The fourth-order valence-electron chi connectivity index (χ4n) is 3.27. The first kappa shape index (κ1) is 23.6. The van der Waals surface area contributed by atoms with Crippen molar-refractivity contribution in [2.24, 2.45) is 0 Å². The second kappa shape index (κ2) is 10.0. The number of anilines is 1. The quantitative estimate of drug-likeness (QED) is 0.238. The third-order valence-electron chi connectivity index (χ3n) is 4.77. The Morgan fingerprint density at radius 3 is 2.42 bits per heavy atom. The Labute approximate surface area is 202 Å². The number of halogens is 3. The molecule has 1 atom stereocenters. The minimum Gasteiger partial charge on any atom is -0.339 e. The van der Waals surface area contributed by atoms with Crippen molar-refractivity contribution in [2.45, 2.75) is 30.2 Å². The minimum atomic E-state index is -1.82. The highest BCUT2D eigenvalue weighted by atomic mass is 35.6. The normalized spacial score (nSPS) is 12.3. The molecule has 0 saturated heterocycles. The number of rotatable bonds is 5. The molecule has 3 aromatic carbocycles. The maximum Gasteiger partial charge on any atom is 0.228 e. The Kier molecular flexibility index (Phi) is 7.65. The summed E-state index contributed by atoms with van der Waals surface area (Å²) in [5.41, 5.74) is 3.87. The van der Waals surface area contributed by atoms with Crippen LogP contribution in [0, 0.1) is 13.8 Å². The second-order valence-electron chi connectivity index (χ2n) is 7.27. The summed E-state index contributed by atoms with van der Waals surface area (Å²) >= 11 is 23.7. The average Bonchev–Trinajstić information content (AvgIpc) is 2.69. The van der Waals surface area contributed by atoms with Gasteiger partial charge in [0.1, 0.15) is 6.17 Å². The van der Waals surface area contributed by atoms with Gasteiger partial charge in [-0.1, -0.05) is 95.0 Å². The Balaban J connectivity index is 1.69. The first-order valence-electron chi connectivity index (χ1n) is 9.61. The van der Waals surface area contributed by atoms with E-state index < -0.39 is 9.96 Å². The SMILES string of the molecule is Cc1ccc(NC(=S)NC(NC(=O)Cc2cccc3ccccc23)C(Cl)(Cl)Cl)c(C)c1. The van der Waals surface area contributed by atoms with E-state index in [0.29, 0.717) is 0 Å². The summed E-state index contributed by atoms with van der Waals surface area (Å²) in [6, 6.07) is 19.6. The lowest BCUT2D eigenvalue weighted by Crippen LogP contribution is -2.56. The smallest absolute Gasteiger partial charge is 0.228 e. The molecule has 0 saturated carbocycles. The van der Waals surface area contributed by atoms with Gasteiger partial charge in [-0.15, -0.1) is 0 Å². The Morgan fingerprint density at radius 1 is 1.00 bits per heavy atom. The summed E-state index contributed by atoms with van der Waals surface area (Å²) in [5, 5.41) is 11.0. The van der Waals surface area contributed by atoms with Crippen LogP contribution in [0.25, 0.3) is 10.8 Å². The fraction of sp³-hybridized carbons (Fsp3) is 0.217. The predicted molar refractivity (Wildman–Crippen MR) is 135 cm³/mol. The van der Waals surface area contributed by atoms with E-state index in [1.54, 1.807) is 0 Å². The number of alkyl halides is 3. The predicted octanol–water partition coefficient (Wildman–Crippen LogP) is 5.80. The van der Waals surface area contributed by atoms with E-state index in [4.69, 9.17) is 47.0 Å². The monoisotopic (exact) mass is 493 g/mol. The second-order valence-corrected chi connectivity index (χ2v) is 10.1. The molecule has 8 heteroatoms. The van der Waals surface area contributed by atoms with Crippen LogP contribution in [0.1, 0.15) is 16.7 Å². The van der Waals surface area contributed by atoms with Crippen LogP contribution in [0.2, 0.25) is 0 Å². The van der Waals surface area contributed by atoms with Crippen molar-refractivity contribution >= 4 is 74.5 Å². The summed E-state index contributed by atoms with van der Waals surface area (Å²) in [7, 11) is 0. The molecule has 0 heterocycles. The van der Waals surface area contributed by atoms with Crippen LogP contribution in [0.15, 0.2) is 60.7 Å². The zero-order chi connectivity index (χ0) is 22.6. The molecule has 3 rings (SSSR count). The van der Waals surface area contributed by atoms with Gasteiger partial charge in [-0.2, -0.15) is 0 Å². The van der Waals surface area contributed by atoms with Gasteiger partial charge >= 0.3 is 0 Å². The maximum absolute atomic E-state index is 12.8. The highest BCUT2D eigenvalue weighted by molar-refractivity contribution is 7.80. The van der Waals surface area contributed by atoms with Gasteiger partial charge in [-0.05, 0) is 54.0 Å². The van der Waals surface area contributed by atoms with E-state index in [0.717, 1.165) is 33.2 Å². The molecule has 3 aromatic rings. The van der Waals surface area contributed by atoms with Gasteiger partial charge in [-0.3, -0.25) is 4.79 Å². The molecule has 1 unspecified atom stereocenters. The van der Waals surface area contributed by atoms with Crippen molar-refractivity contribution in [1.82, 2.24) is 10.6 Å². The van der Waals surface area contributed by atoms with Crippen molar-refractivity contribution in [3.8, 4) is 0 Å². The van der Waals surface area contributed by atoms with Crippen LogP contribution in [-0.2, 0) is 11.2 Å². The molecular formula is C23H22Cl3N3OS. The number of amides is 1. The molecule has 0 aliphatic carbocycles. The van der Waals surface area contributed by atoms with Crippen molar-refractivity contribution < 1.29 is 4.79 Å². The maximum atomic E-state index is 12.8. The lowest BCUT2D eigenvalue weighted by atomic mass is 10.0. The van der Waals surface area contributed by atoms with Gasteiger partial charge in [0.15, 0.2) is 5.11 Å². The Hall–Kier alpha value is -2.05. The average molecular weight is 495 g/mol. The van der Waals surface area contributed by atoms with E-state index >= 15 is 0 Å². The lowest BCUT2D eigenvalue weighted by molar-refractivity contribution is -0.121. The molecular weight excluding hydrogens is 473 g/mol. The summed E-state index contributed by atoms with van der Waals surface area (Å²) < 4.78 is -1.82. The molecule has 31 heavy (non-hydrogen) atoms. The zero-order valence-electron chi connectivity index (χ0n) is 17.0. The topological polar surface area (TPSA) is 53.2 Å². The van der Waals surface area contributed by atoms with Gasteiger partial charge in [0, 0.05) is 5.69 Å². The molecule has 0 bridgehead atoms. The van der Waals surface area contributed by atoms with Crippen LogP contribution in [0.4, 0.5) is 5.69 Å². The number of carbonyl (C=O) groups excluding carboxylic acids is 1. The molecule has 0 aromatic heterocycles. The molecule has 0 aliphatic rings. The van der Waals surface area contributed by atoms with Crippen molar-refractivity contribution in [2.75, 3.05) is 5.32 Å². The van der Waals surface area contributed by atoms with E-state index in [1.165, 1.54) is 0 Å². The zero-order valence-corrected chi connectivity index (χ0v) is 20.1. The first-order chi connectivity index (χ1) is 14.6. The van der Waals surface area contributed by atoms with Gasteiger partial charge in [0.2, 0.25) is 9.70 Å². The number of aryl methyl sites for hydroxylation is 2. The Morgan fingerprint density at radius 2 is 1.71 bits per heavy atom. The van der Waals surface area contributed by atoms with E-state index in [1.807, 2.05) is 74.5 Å². The van der Waals surface area contributed by atoms with Gasteiger partial charge in [0.25, 0.3) is 0 Å². The molecule has 3 N–H and O–H groups in total. The van der Waals surface area contributed by atoms with Crippen molar-refractivity contribution in [3.63, 3.8) is 0 Å². The number of benzene rings is 3. The number of thiocarbonyl (C=S) groups is 1. The summed E-state index contributed by atoms with van der Waals surface area (Å²) in [5.74, 6) is -0.297. The molecule has 0 fully saturated rings. The van der Waals surface area contributed by atoms with Gasteiger partial charge in [-0.25, -0.2) is 0 Å². The standard InChI is InChI=1S/C23H22Cl3N3OS/c1-14-10-11-19(15(2)12-14)27-22(31)29-21(23(24,25)26)28-20(30)13-17-8-5-7-16-6-3-4-9-18(16)17/h3-12,21H,13H2,1-2H3,(H,28,30)(H2,27,29,31). The highest BCUT2D eigenvalue weighted by Crippen LogP contribution is 2.29. The molecule has 0 spiro atoms. The van der Waals surface area contributed by atoms with E-state index in [2.05, 4.69) is 16.0 Å². The Bertz CT molecular complexity index is 1110. The molecule has 4 nitrogen and oxygen atoms in total. The van der Waals surface area contributed by atoms with Crippen molar-refractivity contribution in [1.29, 1.82) is 0 Å². The first-order valence-corrected chi connectivity index (χ1v) is 11.1. The van der Waals surface area contributed by atoms with Crippen LogP contribution >= 0.6 is 47.0 Å². The van der Waals surface area contributed by atoms with Crippen molar-refractivity contribution in [3.05, 3.63) is 77.4 Å². The molecule has 1 amide bonds. The number of nitrogens with one attached hydrogen (secondary N) is 3. The third kappa shape index (κ3) is 6.47. The molecule has 0 aliphatic heterocycles. The minimum absolute atomic E-state index is 0.136. The van der Waals surface area contributed by atoms with Crippen LogP contribution in [0.5, 0.6) is 0 Å². The third-order valence-corrected chi connectivity index (χ3v) is 5.64. The summed E-state index contributed by atoms with van der Waals surface area (Å²) in [4.78, 5) is 12.8. The largest absolute Gasteiger partial charge is 0.339 e. The van der Waals surface area contributed by atoms with Crippen LogP contribution in [-0.4, -0.2) is 21.0 Å². The van der Waals surface area contributed by atoms with Gasteiger partial charge < -0.3 is 16.0 Å². The number of carbonyl (C=O) groups is 1. The fourth-order valence-corrected chi connectivity index (χ4v) is 3.83. The number of hydrogen-bond donors (Lipinski definition) is 3. The lowest BCUT2D eigenvalue weighted by Gasteiger charge is -2.28. The highest BCUT2D eigenvalue weighted by Gasteiger charge is 2.34. The van der Waals surface area contributed by atoms with E-state index in [9.17, 15) is 4.79 Å². The summed E-state index contributed by atoms with van der Waals surface area (Å²) in [6.45, 7) is 3.98. The van der Waals surface area contributed by atoms with Crippen LogP contribution < -0.4 is 16.0 Å². The van der Waals surface area contributed by atoms with E-state index in [-0.39, 0.29) is 17.4 Å². The van der Waals surface area contributed by atoms with Crippen LogP contribution in [0.3, 0.4) is 0 Å². The van der Waals surface area contributed by atoms with Gasteiger partial charge in [0.05, 0.1) is 6.42 Å². The molecule has 0 radical (unpaired) electrons. The number of hydrogen-bond acceptors (Lipinski definition) is 2. The summed E-state index contributed by atoms with van der Waals surface area (Å²) in [6.07, 6.45) is -0.886.